The average molecular weight is 356 g/mol. The lowest BCUT2D eigenvalue weighted by atomic mass is 10.1. The predicted octanol–water partition coefficient (Wildman–Crippen LogP) is 3.76. The van der Waals surface area contributed by atoms with Crippen LogP contribution in [0.15, 0.2) is 35.4 Å². The fourth-order valence-electron chi connectivity index (χ4n) is 2.92. The number of ether oxygens (including phenoxy) is 3. The topological polar surface area (TPSA) is 61.8 Å². The summed E-state index contributed by atoms with van der Waals surface area (Å²) in [6.07, 6.45) is 2.75. The van der Waals surface area contributed by atoms with Crippen molar-refractivity contribution >= 4 is 29.2 Å². The summed E-state index contributed by atoms with van der Waals surface area (Å²) < 4.78 is 16.6. The number of fused-ring (bicyclic) bond motifs is 1. The number of esters is 1. The third-order valence-electron chi connectivity index (χ3n) is 4.26. The molecule has 1 atom stereocenters. The van der Waals surface area contributed by atoms with Gasteiger partial charge in [-0.1, -0.05) is 6.07 Å². The molecule has 0 spiro atoms. The minimum atomic E-state index is -0.510. The van der Waals surface area contributed by atoms with Crippen molar-refractivity contribution in [2.45, 2.75) is 25.9 Å². The summed E-state index contributed by atoms with van der Waals surface area (Å²) in [7, 11) is 0. The van der Waals surface area contributed by atoms with Crippen LogP contribution in [0.4, 0.5) is 0 Å². The van der Waals surface area contributed by atoms with E-state index in [9.17, 15) is 9.59 Å². The Hall–Kier alpha value is -2.44. The molecule has 0 amide bonds. The molecule has 2 aliphatic heterocycles. The lowest BCUT2D eigenvalue weighted by Gasteiger charge is -2.12. The van der Waals surface area contributed by atoms with E-state index in [4.69, 9.17) is 14.2 Å². The van der Waals surface area contributed by atoms with Crippen LogP contribution >= 0.6 is 11.3 Å². The van der Waals surface area contributed by atoms with Crippen LogP contribution < -0.4 is 9.47 Å². The maximum Gasteiger partial charge on any atom is 0.340 e. The van der Waals surface area contributed by atoms with Crippen LogP contribution in [0, 0.1) is 6.92 Å². The molecule has 1 fully saturated rings. The highest BCUT2D eigenvalue weighted by atomic mass is 32.1. The summed E-state index contributed by atoms with van der Waals surface area (Å²) in [5.41, 5.74) is 1.11. The van der Waals surface area contributed by atoms with Gasteiger partial charge in [0.1, 0.15) is 11.5 Å². The first-order valence-corrected chi connectivity index (χ1v) is 8.96. The zero-order chi connectivity index (χ0) is 17.4. The molecule has 3 heterocycles. The van der Waals surface area contributed by atoms with E-state index >= 15 is 0 Å². The summed E-state index contributed by atoms with van der Waals surface area (Å²) in [5.74, 6) is 0.556. The van der Waals surface area contributed by atoms with Gasteiger partial charge in [-0.25, -0.2) is 4.79 Å². The Kier molecular flexibility index (Phi) is 4.15. The minimum Gasteiger partial charge on any atom is -0.452 e. The standard InChI is InChI=1S/C19H16O5S/c1-11-14(24-19(21)15-5-2-8-22-15)7-6-13-17(20)16(23-18(11)13)10-12-4-3-9-25-12/h3-4,6-7,9-10,15H,2,5,8H2,1H3/b16-10-. The van der Waals surface area contributed by atoms with Crippen molar-refractivity contribution in [1.82, 2.24) is 0 Å². The molecular weight excluding hydrogens is 340 g/mol. The minimum absolute atomic E-state index is 0.163. The lowest BCUT2D eigenvalue weighted by Crippen LogP contribution is -2.25. The Bertz CT molecular complexity index is 860. The van der Waals surface area contributed by atoms with Crippen molar-refractivity contribution in [3.8, 4) is 11.5 Å². The van der Waals surface area contributed by atoms with Gasteiger partial charge in [0.15, 0.2) is 11.9 Å². The maximum atomic E-state index is 12.5. The van der Waals surface area contributed by atoms with Crippen LogP contribution in [0.25, 0.3) is 6.08 Å². The summed E-state index contributed by atoms with van der Waals surface area (Å²) in [5, 5.41) is 1.94. The number of hydrogen-bond donors (Lipinski definition) is 0. The number of carbonyl (C=O) groups is 2. The van der Waals surface area contributed by atoms with E-state index < -0.39 is 12.1 Å². The molecule has 0 aliphatic carbocycles. The van der Waals surface area contributed by atoms with Gasteiger partial charge < -0.3 is 14.2 Å². The van der Waals surface area contributed by atoms with Gasteiger partial charge >= 0.3 is 5.97 Å². The van der Waals surface area contributed by atoms with E-state index in [2.05, 4.69) is 0 Å². The number of benzene rings is 1. The van der Waals surface area contributed by atoms with Gasteiger partial charge in [-0.15, -0.1) is 11.3 Å². The molecule has 2 aromatic rings. The molecule has 0 bridgehead atoms. The molecule has 2 aliphatic rings. The third-order valence-corrected chi connectivity index (χ3v) is 5.08. The molecule has 25 heavy (non-hydrogen) atoms. The van der Waals surface area contributed by atoms with E-state index in [0.29, 0.717) is 35.7 Å². The van der Waals surface area contributed by atoms with Gasteiger partial charge in [-0.3, -0.25) is 4.79 Å². The monoisotopic (exact) mass is 356 g/mol. The van der Waals surface area contributed by atoms with Crippen LogP contribution in [-0.4, -0.2) is 24.5 Å². The predicted molar refractivity (Wildman–Crippen MR) is 93.0 cm³/mol. The van der Waals surface area contributed by atoms with E-state index in [1.165, 1.54) is 11.3 Å². The first-order valence-electron chi connectivity index (χ1n) is 8.08. The summed E-state index contributed by atoms with van der Waals surface area (Å²) in [6.45, 7) is 2.36. The highest BCUT2D eigenvalue weighted by molar-refractivity contribution is 7.10. The summed E-state index contributed by atoms with van der Waals surface area (Å²) >= 11 is 1.53. The SMILES string of the molecule is Cc1c(OC(=O)C2CCCO2)ccc2c1O/C(=C\c1cccs1)C2=O. The van der Waals surface area contributed by atoms with Crippen LogP contribution in [0.3, 0.4) is 0 Å². The Morgan fingerprint density at radius 3 is 2.96 bits per heavy atom. The zero-order valence-corrected chi connectivity index (χ0v) is 14.4. The first kappa shape index (κ1) is 16.1. The Morgan fingerprint density at radius 1 is 1.36 bits per heavy atom. The number of hydrogen-bond acceptors (Lipinski definition) is 6. The van der Waals surface area contributed by atoms with Gasteiger partial charge in [-0.2, -0.15) is 0 Å². The highest BCUT2D eigenvalue weighted by Gasteiger charge is 2.32. The van der Waals surface area contributed by atoms with Crippen molar-refractivity contribution in [2.24, 2.45) is 0 Å². The van der Waals surface area contributed by atoms with E-state index in [1.807, 2.05) is 17.5 Å². The van der Waals surface area contributed by atoms with E-state index in [1.54, 1.807) is 25.1 Å². The Morgan fingerprint density at radius 2 is 2.24 bits per heavy atom. The van der Waals surface area contributed by atoms with Gasteiger partial charge in [-0.05, 0) is 43.3 Å². The van der Waals surface area contributed by atoms with Crippen LogP contribution in [0.2, 0.25) is 0 Å². The number of ketones is 1. The molecule has 1 unspecified atom stereocenters. The molecule has 1 aromatic heterocycles. The smallest absolute Gasteiger partial charge is 0.340 e. The quantitative estimate of drug-likeness (QED) is 0.476. The van der Waals surface area contributed by atoms with Crippen molar-refractivity contribution in [3.05, 3.63) is 51.4 Å². The molecule has 128 valence electrons. The van der Waals surface area contributed by atoms with Gasteiger partial charge in [0.05, 0.1) is 5.56 Å². The lowest BCUT2D eigenvalue weighted by molar-refractivity contribution is -0.144. The van der Waals surface area contributed by atoms with Crippen LogP contribution in [0.5, 0.6) is 11.5 Å². The second-order valence-corrected chi connectivity index (χ2v) is 6.92. The molecular formula is C19H16O5S. The van der Waals surface area contributed by atoms with Crippen LogP contribution in [0.1, 0.15) is 33.6 Å². The molecule has 5 nitrogen and oxygen atoms in total. The first-order chi connectivity index (χ1) is 12.1. The number of thiophene rings is 1. The molecule has 0 N–H and O–H groups in total. The molecule has 0 radical (unpaired) electrons. The highest BCUT2D eigenvalue weighted by Crippen LogP contribution is 2.39. The Labute approximate surface area is 148 Å². The second kappa shape index (κ2) is 6.46. The van der Waals surface area contributed by atoms with Crippen molar-refractivity contribution in [3.63, 3.8) is 0 Å². The molecule has 6 heteroatoms. The molecule has 0 saturated carbocycles. The number of Topliss-reactive ketones (excluding diaryl/α,β-unsaturated/α-hetero) is 1. The largest absolute Gasteiger partial charge is 0.452 e. The van der Waals surface area contributed by atoms with Crippen LogP contribution in [-0.2, 0) is 9.53 Å². The second-order valence-electron chi connectivity index (χ2n) is 5.94. The molecule has 1 aromatic carbocycles. The normalized spacial score (nSPS) is 20.6. The Balaban J connectivity index is 1.59. The van der Waals surface area contributed by atoms with Gasteiger partial charge in [0, 0.05) is 23.1 Å². The zero-order valence-electron chi connectivity index (χ0n) is 13.6. The third kappa shape index (κ3) is 2.99. The summed E-state index contributed by atoms with van der Waals surface area (Å²) in [4.78, 5) is 25.6. The van der Waals surface area contributed by atoms with Gasteiger partial charge in [0.2, 0.25) is 5.78 Å². The maximum absolute atomic E-state index is 12.5. The molecule has 1 saturated heterocycles. The van der Waals surface area contributed by atoms with Crippen molar-refractivity contribution in [2.75, 3.05) is 6.61 Å². The van der Waals surface area contributed by atoms with Gasteiger partial charge in [0.25, 0.3) is 0 Å². The fraction of sp³-hybridized carbons (Fsp3) is 0.263. The summed E-state index contributed by atoms with van der Waals surface area (Å²) in [6, 6.07) is 7.10. The number of allylic oxidation sites excluding steroid dienone is 1. The van der Waals surface area contributed by atoms with E-state index in [-0.39, 0.29) is 11.5 Å². The molecule has 4 rings (SSSR count). The van der Waals surface area contributed by atoms with Crippen molar-refractivity contribution < 1.29 is 23.8 Å². The number of carbonyl (C=O) groups excluding carboxylic acids is 2. The fourth-order valence-corrected chi connectivity index (χ4v) is 3.57. The van der Waals surface area contributed by atoms with Crippen molar-refractivity contribution in [1.29, 1.82) is 0 Å². The number of rotatable bonds is 3. The van der Waals surface area contributed by atoms with E-state index in [0.717, 1.165) is 11.3 Å². The average Bonchev–Trinajstić information content (AvgIpc) is 3.34.